The Morgan fingerprint density at radius 1 is 1.06 bits per heavy atom. The van der Waals surface area contributed by atoms with Crippen LogP contribution in [-0.2, 0) is 0 Å². The maximum atomic E-state index is 10.7. The van der Waals surface area contributed by atoms with Gasteiger partial charge in [0.1, 0.15) is 0 Å². The van der Waals surface area contributed by atoms with Crippen LogP contribution in [-0.4, -0.2) is 22.4 Å². The van der Waals surface area contributed by atoms with E-state index in [1.54, 1.807) is 0 Å². The summed E-state index contributed by atoms with van der Waals surface area (Å²) in [7, 11) is 0. The molecule has 2 aliphatic rings. The lowest BCUT2D eigenvalue weighted by atomic mass is 9.45. The standard InChI is InChI=1S/C16H30O2/c1-14(2)8-5-9-15(3)12(14)6-10-16(4,18)13(15)7-11-17/h12-13,17-18H,5-11H2,1-4H3/t12-,13+,15-,16+/m1/s1. The smallest absolute Gasteiger partial charge is 0.0654 e. The van der Waals surface area contributed by atoms with Crippen molar-refractivity contribution in [2.75, 3.05) is 6.61 Å². The van der Waals surface area contributed by atoms with Gasteiger partial charge in [-0.05, 0) is 61.7 Å². The molecule has 0 unspecified atom stereocenters. The van der Waals surface area contributed by atoms with Crippen LogP contribution in [0.4, 0.5) is 0 Å². The molecule has 18 heavy (non-hydrogen) atoms. The Kier molecular flexibility index (Phi) is 3.57. The summed E-state index contributed by atoms with van der Waals surface area (Å²) >= 11 is 0. The average Bonchev–Trinajstić information content (AvgIpc) is 2.22. The Labute approximate surface area is 112 Å². The van der Waals surface area contributed by atoms with Gasteiger partial charge in [0.15, 0.2) is 0 Å². The second kappa shape index (κ2) is 4.49. The van der Waals surface area contributed by atoms with Gasteiger partial charge in [0.2, 0.25) is 0 Å². The monoisotopic (exact) mass is 254 g/mol. The summed E-state index contributed by atoms with van der Waals surface area (Å²) < 4.78 is 0. The molecule has 4 atom stereocenters. The summed E-state index contributed by atoms with van der Waals surface area (Å²) in [5.41, 5.74) is -0.00909. The quantitative estimate of drug-likeness (QED) is 0.793. The normalized spacial score (nSPS) is 47.7. The summed E-state index contributed by atoms with van der Waals surface area (Å²) in [5.74, 6) is 0.934. The third-order valence-electron chi connectivity index (χ3n) is 6.18. The summed E-state index contributed by atoms with van der Waals surface area (Å²) in [5, 5.41) is 20.1. The van der Waals surface area contributed by atoms with E-state index < -0.39 is 5.60 Å². The molecule has 0 aliphatic heterocycles. The molecule has 0 spiro atoms. The summed E-state index contributed by atoms with van der Waals surface area (Å²) in [6.07, 6.45) is 6.55. The first-order valence-electron chi connectivity index (χ1n) is 7.57. The van der Waals surface area contributed by atoms with Gasteiger partial charge in [-0.1, -0.05) is 27.2 Å². The van der Waals surface area contributed by atoms with Crippen molar-refractivity contribution in [2.24, 2.45) is 22.7 Å². The molecule has 106 valence electrons. The van der Waals surface area contributed by atoms with Crippen molar-refractivity contribution in [3.05, 3.63) is 0 Å². The minimum Gasteiger partial charge on any atom is -0.396 e. The van der Waals surface area contributed by atoms with Crippen LogP contribution in [0.2, 0.25) is 0 Å². The molecule has 2 nitrogen and oxygen atoms in total. The highest BCUT2D eigenvalue weighted by Crippen LogP contribution is 2.62. The number of rotatable bonds is 2. The van der Waals surface area contributed by atoms with Gasteiger partial charge in [0.25, 0.3) is 0 Å². The summed E-state index contributed by atoms with van der Waals surface area (Å²) in [4.78, 5) is 0. The zero-order chi connectivity index (χ0) is 13.6. The molecule has 2 saturated carbocycles. The van der Waals surface area contributed by atoms with Crippen LogP contribution in [0.15, 0.2) is 0 Å². The van der Waals surface area contributed by atoms with E-state index in [1.807, 2.05) is 6.92 Å². The van der Waals surface area contributed by atoms with E-state index in [0.717, 1.165) is 19.3 Å². The molecule has 0 aromatic carbocycles. The van der Waals surface area contributed by atoms with Crippen LogP contribution < -0.4 is 0 Å². The molecule has 2 fully saturated rings. The highest BCUT2D eigenvalue weighted by Gasteiger charge is 2.57. The Morgan fingerprint density at radius 2 is 1.72 bits per heavy atom. The molecular weight excluding hydrogens is 224 g/mol. The maximum absolute atomic E-state index is 10.7. The highest BCUT2D eigenvalue weighted by molar-refractivity contribution is 5.07. The van der Waals surface area contributed by atoms with E-state index in [0.29, 0.717) is 11.3 Å². The first kappa shape index (κ1) is 14.3. The van der Waals surface area contributed by atoms with Gasteiger partial charge in [0.05, 0.1) is 5.60 Å². The largest absolute Gasteiger partial charge is 0.396 e. The van der Waals surface area contributed by atoms with Crippen LogP contribution in [0.25, 0.3) is 0 Å². The number of aliphatic hydroxyl groups is 2. The fourth-order valence-electron chi connectivity index (χ4n) is 5.39. The van der Waals surface area contributed by atoms with E-state index in [4.69, 9.17) is 0 Å². The predicted octanol–water partition coefficient (Wildman–Crippen LogP) is 3.36. The molecule has 0 radical (unpaired) electrons. The lowest BCUT2D eigenvalue weighted by molar-refractivity contribution is -0.171. The van der Waals surface area contributed by atoms with E-state index in [9.17, 15) is 10.2 Å². The van der Waals surface area contributed by atoms with Crippen molar-refractivity contribution in [1.29, 1.82) is 0 Å². The SMILES string of the molecule is CC1(C)CCC[C@]2(C)[C@@H]1CC[C@](C)(O)[C@H]2CCO. The molecule has 0 saturated heterocycles. The average molecular weight is 254 g/mol. The van der Waals surface area contributed by atoms with Crippen LogP contribution in [0.1, 0.15) is 66.2 Å². The van der Waals surface area contributed by atoms with Crippen molar-refractivity contribution in [3.8, 4) is 0 Å². The molecule has 2 heteroatoms. The van der Waals surface area contributed by atoms with Gasteiger partial charge in [-0.2, -0.15) is 0 Å². The Morgan fingerprint density at radius 3 is 2.33 bits per heavy atom. The maximum Gasteiger partial charge on any atom is 0.0654 e. The molecular formula is C16H30O2. The number of hydrogen-bond acceptors (Lipinski definition) is 2. The third kappa shape index (κ3) is 2.12. The molecule has 0 bridgehead atoms. The van der Waals surface area contributed by atoms with Crippen LogP contribution in [0, 0.1) is 22.7 Å². The van der Waals surface area contributed by atoms with Crippen LogP contribution in [0.3, 0.4) is 0 Å². The zero-order valence-electron chi connectivity index (χ0n) is 12.5. The third-order valence-corrected chi connectivity index (χ3v) is 6.18. The van der Waals surface area contributed by atoms with Crippen molar-refractivity contribution in [1.82, 2.24) is 0 Å². The molecule has 0 amide bonds. The second-order valence-electron chi connectivity index (χ2n) is 7.86. The van der Waals surface area contributed by atoms with Crippen molar-refractivity contribution in [3.63, 3.8) is 0 Å². The van der Waals surface area contributed by atoms with Crippen molar-refractivity contribution in [2.45, 2.75) is 71.8 Å². The van der Waals surface area contributed by atoms with Gasteiger partial charge >= 0.3 is 0 Å². The first-order chi connectivity index (χ1) is 8.24. The van der Waals surface area contributed by atoms with Crippen molar-refractivity contribution < 1.29 is 10.2 Å². The molecule has 2 N–H and O–H groups in total. The minimum atomic E-state index is -0.596. The van der Waals surface area contributed by atoms with Gasteiger partial charge in [-0.25, -0.2) is 0 Å². The van der Waals surface area contributed by atoms with Gasteiger partial charge in [-0.15, -0.1) is 0 Å². The van der Waals surface area contributed by atoms with E-state index >= 15 is 0 Å². The van der Waals surface area contributed by atoms with Crippen molar-refractivity contribution >= 4 is 0 Å². The van der Waals surface area contributed by atoms with Crippen LogP contribution in [0.5, 0.6) is 0 Å². The lowest BCUT2D eigenvalue weighted by Gasteiger charge is -2.61. The topological polar surface area (TPSA) is 40.5 Å². The Balaban J connectivity index is 2.35. The fourth-order valence-corrected chi connectivity index (χ4v) is 5.39. The minimum absolute atomic E-state index is 0.198. The van der Waals surface area contributed by atoms with Crippen LogP contribution >= 0.6 is 0 Å². The summed E-state index contributed by atoms with van der Waals surface area (Å²) in [6.45, 7) is 9.34. The number of fused-ring (bicyclic) bond motifs is 1. The Hall–Kier alpha value is -0.0800. The zero-order valence-corrected chi connectivity index (χ0v) is 12.5. The second-order valence-corrected chi connectivity index (χ2v) is 7.86. The number of hydrogen-bond donors (Lipinski definition) is 2. The molecule has 0 aromatic heterocycles. The highest BCUT2D eigenvalue weighted by atomic mass is 16.3. The fraction of sp³-hybridized carbons (Fsp3) is 1.00. The predicted molar refractivity (Wildman–Crippen MR) is 74.3 cm³/mol. The Bertz CT molecular complexity index is 308. The van der Waals surface area contributed by atoms with E-state index in [1.165, 1.54) is 19.3 Å². The number of aliphatic hydroxyl groups excluding tert-OH is 1. The first-order valence-corrected chi connectivity index (χ1v) is 7.57. The molecule has 2 rings (SSSR count). The molecule has 0 heterocycles. The van der Waals surface area contributed by atoms with E-state index in [2.05, 4.69) is 20.8 Å². The molecule has 2 aliphatic carbocycles. The summed E-state index contributed by atoms with van der Waals surface area (Å²) in [6, 6.07) is 0. The van der Waals surface area contributed by atoms with Gasteiger partial charge in [-0.3, -0.25) is 0 Å². The van der Waals surface area contributed by atoms with Gasteiger partial charge in [0, 0.05) is 6.61 Å². The van der Waals surface area contributed by atoms with Gasteiger partial charge < -0.3 is 10.2 Å². The molecule has 0 aromatic rings. The van der Waals surface area contributed by atoms with E-state index in [-0.39, 0.29) is 17.9 Å². The lowest BCUT2D eigenvalue weighted by Crippen LogP contribution is -2.57.